The number of aliphatic hydroxyl groups is 2. The van der Waals surface area contributed by atoms with E-state index >= 15 is 0 Å². The van der Waals surface area contributed by atoms with Crippen molar-refractivity contribution < 1.29 is 10.2 Å². The van der Waals surface area contributed by atoms with Crippen LogP contribution in [0.2, 0.25) is 0 Å². The highest BCUT2D eigenvalue weighted by Gasteiger charge is 2.35. The van der Waals surface area contributed by atoms with E-state index < -0.39 is 0 Å². The summed E-state index contributed by atoms with van der Waals surface area (Å²) in [5, 5.41) is 19.8. The molecule has 0 aliphatic heterocycles. The number of hydrogen-bond donors (Lipinski definition) is 2. The monoisotopic (exact) mass is 300 g/mol. The fraction of sp³-hybridized carbons (Fsp3) is 1.00. The van der Waals surface area contributed by atoms with Gasteiger partial charge in [-0.1, -0.05) is 55.4 Å². The Labute approximate surface area is 133 Å². The molecular formula is C19H40O2. The summed E-state index contributed by atoms with van der Waals surface area (Å²) in [5.41, 5.74) is 0.269. The Balaban J connectivity index is 4.52. The Kier molecular flexibility index (Phi) is 7.94. The van der Waals surface area contributed by atoms with E-state index in [1.165, 1.54) is 6.42 Å². The van der Waals surface area contributed by atoms with Crippen LogP contribution < -0.4 is 0 Å². The van der Waals surface area contributed by atoms with Crippen LogP contribution in [-0.4, -0.2) is 22.9 Å². The highest BCUT2D eigenvalue weighted by atomic mass is 16.3. The summed E-state index contributed by atoms with van der Waals surface area (Å²) in [6, 6.07) is 0. The largest absolute Gasteiger partial charge is 0.396 e. The van der Waals surface area contributed by atoms with Crippen molar-refractivity contribution in [3.8, 4) is 0 Å². The van der Waals surface area contributed by atoms with E-state index in [0.717, 1.165) is 25.7 Å². The molecule has 0 rings (SSSR count). The molecule has 2 heteroatoms. The average molecular weight is 301 g/mol. The van der Waals surface area contributed by atoms with E-state index in [4.69, 9.17) is 5.11 Å². The van der Waals surface area contributed by atoms with Gasteiger partial charge in [-0.2, -0.15) is 0 Å². The molecule has 128 valence electrons. The second-order valence-corrected chi connectivity index (χ2v) is 9.62. The maximum Gasteiger partial charge on any atom is 0.0591 e. The molecule has 0 aliphatic carbocycles. The molecule has 21 heavy (non-hydrogen) atoms. The quantitative estimate of drug-likeness (QED) is 0.594. The molecule has 0 aromatic rings. The Morgan fingerprint density at radius 2 is 1.38 bits per heavy atom. The normalized spacial score (nSPS) is 15.6. The van der Waals surface area contributed by atoms with Crippen LogP contribution in [-0.2, 0) is 0 Å². The minimum atomic E-state index is -0.276. The summed E-state index contributed by atoms with van der Waals surface area (Å²) < 4.78 is 0. The zero-order valence-electron chi connectivity index (χ0n) is 15.8. The predicted molar refractivity (Wildman–Crippen MR) is 92.4 cm³/mol. The molecule has 0 radical (unpaired) electrons. The van der Waals surface area contributed by atoms with Gasteiger partial charge in [-0.05, 0) is 54.3 Å². The van der Waals surface area contributed by atoms with Gasteiger partial charge in [0.05, 0.1) is 6.10 Å². The predicted octanol–water partition coefficient (Wildman–Crippen LogP) is 5.02. The Hall–Kier alpha value is -0.0800. The lowest BCUT2D eigenvalue weighted by molar-refractivity contribution is -0.000973. The first-order chi connectivity index (χ1) is 9.31. The fourth-order valence-corrected chi connectivity index (χ4v) is 3.87. The molecule has 0 bridgehead atoms. The lowest BCUT2D eigenvalue weighted by Gasteiger charge is -2.39. The van der Waals surface area contributed by atoms with Gasteiger partial charge in [-0.3, -0.25) is 0 Å². The Morgan fingerprint density at radius 1 is 0.857 bits per heavy atom. The summed E-state index contributed by atoms with van der Waals surface area (Å²) in [6.45, 7) is 18.0. The fourth-order valence-electron chi connectivity index (χ4n) is 3.87. The topological polar surface area (TPSA) is 40.5 Å². The van der Waals surface area contributed by atoms with Crippen LogP contribution in [0.15, 0.2) is 0 Å². The SMILES string of the molecule is CC(C)CC(C)(C)CCC(O)C(C)(C)CC(C)(C)CCO. The Morgan fingerprint density at radius 3 is 1.81 bits per heavy atom. The van der Waals surface area contributed by atoms with Gasteiger partial charge in [0.15, 0.2) is 0 Å². The minimum Gasteiger partial charge on any atom is -0.396 e. The van der Waals surface area contributed by atoms with E-state index in [2.05, 4.69) is 55.4 Å². The lowest BCUT2D eigenvalue weighted by Crippen LogP contribution is -2.35. The summed E-state index contributed by atoms with van der Waals surface area (Å²) in [7, 11) is 0. The summed E-state index contributed by atoms with van der Waals surface area (Å²) in [6.07, 6.45) is 4.59. The third-order valence-electron chi connectivity index (χ3n) is 4.68. The molecule has 0 aliphatic rings. The molecule has 0 spiro atoms. The maximum atomic E-state index is 10.6. The second kappa shape index (κ2) is 7.97. The first-order valence-corrected chi connectivity index (χ1v) is 8.60. The molecule has 2 N–H and O–H groups in total. The second-order valence-electron chi connectivity index (χ2n) is 9.62. The van der Waals surface area contributed by atoms with E-state index in [0.29, 0.717) is 11.3 Å². The van der Waals surface area contributed by atoms with Crippen molar-refractivity contribution in [2.75, 3.05) is 6.61 Å². The van der Waals surface area contributed by atoms with Gasteiger partial charge in [0.2, 0.25) is 0 Å². The van der Waals surface area contributed by atoms with Crippen molar-refractivity contribution in [3.05, 3.63) is 0 Å². The van der Waals surface area contributed by atoms with Crippen molar-refractivity contribution in [1.29, 1.82) is 0 Å². The molecule has 0 saturated heterocycles. The van der Waals surface area contributed by atoms with Gasteiger partial charge in [-0.15, -0.1) is 0 Å². The van der Waals surface area contributed by atoms with Gasteiger partial charge in [0.1, 0.15) is 0 Å². The first kappa shape index (κ1) is 20.9. The van der Waals surface area contributed by atoms with Crippen LogP contribution in [0.1, 0.15) is 87.5 Å². The van der Waals surface area contributed by atoms with E-state index in [1.54, 1.807) is 0 Å². The zero-order valence-corrected chi connectivity index (χ0v) is 15.8. The molecule has 2 nitrogen and oxygen atoms in total. The smallest absolute Gasteiger partial charge is 0.0591 e. The maximum absolute atomic E-state index is 10.6. The van der Waals surface area contributed by atoms with Crippen molar-refractivity contribution in [3.63, 3.8) is 0 Å². The zero-order chi connectivity index (χ0) is 16.9. The number of rotatable bonds is 10. The van der Waals surface area contributed by atoms with Crippen molar-refractivity contribution in [1.82, 2.24) is 0 Å². The van der Waals surface area contributed by atoms with Crippen LogP contribution in [0.25, 0.3) is 0 Å². The molecule has 0 amide bonds. The van der Waals surface area contributed by atoms with E-state index in [9.17, 15) is 5.11 Å². The summed E-state index contributed by atoms with van der Waals surface area (Å²) in [4.78, 5) is 0. The number of aliphatic hydroxyl groups excluding tert-OH is 2. The molecule has 0 saturated carbocycles. The minimum absolute atomic E-state index is 0.0761. The first-order valence-electron chi connectivity index (χ1n) is 8.60. The van der Waals surface area contributed by atoms with Crippen molar-refractivity contribution >= 4 is 0 Å². The van der Waals surface area contributed by atoms with Crippen LogP contribution in [0.4, 0.5) is 0 Å². The van der Waals surface area contributed by atoms with Gasteiger partial charge >= 0.3 is 0 Å². The molecule has 1 atom stereocenters. The van der Waals surface area contributed by atoms with Gasteiger partial charge in [0.25, 0.3) is 0 Å². The molecule has 0 aromatic heterocycles. The standard InChI is InChI=1S/C19H40O2/c1-15(2)13-17(3,4)10-9-16(21)19(7,8)14-18(5,6)11-12-20/h15-16,20-21H,9-14H2,1-8H3. The van der Waals surface area contributed by atoms with E-state index in [-0.39, 0.29) is 23.5 Å². The van der Waals surface area contributed by atoms with Gasteiger partial charge < -0.3 is 10.2 Å². The average Bonchev–Trinajstić information content (AvgIpc) is 2.22. The molecule has 0 fully saturated rings. The molecule has 1 unspecified atom stereocenters. The van der Waals surface area contributed by atoms with Gasteiger partial charge in [0, 0.05) is 6.61 Å². The Bertz CT molecular complexity index is 290. The van der Waals surface area contributed by atoms with Crippen LogP contribution >= 0.6 is 0 Å². The molecular weight excluding hydrogens is 260 g/mol. The third-order valence-corrected chi connectivity index (χ3v) is 4.68. The summed E-state index contributed by atoms with van der Waals surface area (Å²) >= 11 is 0. The summed E-state index contributed by atoms with van der Waals surface area (Å²) in [5.74, 6) is 0.702. The van der Waals surface area contributed by atoms with Crippen LogP contribution in [0, 0.1) is 22.2 Å². The van der Waals surface area contributed by atoms with Crippen molar-refractivity contribution in [2.24, 2.45) is 22.2 Å². The highest BCUT2D eigenvalue weighted by molar-refractivity contribution is 4.86. The molecule has 0 heterocycles. The lowest BCUT2D eigenvalue weighted by atomic mass is 9.69. The van der Waals surface area contributed by atoms with E-state index in [1.807, 2.05) is 0 Å². The van der Waals surface area contributed by atoms with Crippen LogP contribution in [0.5, 0.6) is 0 Å². The number of hydrogen-bond acceptors (Lipinski definition) is 2. The van der Waals surface area contributed by atoms with Crippen molar-refractivity contribution in [2.45, 2.75) is 93.6 Å². The third kappa shape index (κ3) is 8.83. The van der Waals surface area contributed by atoms with Crippen LogP contribution in [0.3, 0.4) is 0 Å². The molecule has 0 aromatic carbocycles. The van der Waals surface area contributed by atoms with Gasteiger partial charge in [-0.25, -0.2) is 0 Å². The highest BCUT2D eigenvalue weighted by Crippen LogP contribution is 2.41.